The fraction of sp³-hybridized carbons (Fsp3) is 0.568. The maximum atomic E-state index is 14.5. The molecule has 8 heteroatoms. The van der Waals surface area contributed by atoms with E-state index in [2.05, 4.69) is 40.2 Å². The smallest absolute Gasteiger partial charge is 0.303 e. The van der Waals surface area contributed by atoms with Crippen LogP contribution in [0.5, 0.6) is 5.75 Å². The van der Waals surface area contributed by atoms with E-state index in [4.69, 9.17) is 9.15 Å². The summed E-state index contributed by atoms with van der Waals surface area (Å²) in [6.45, 7) is 2.84. The van der Waals surface area contributed by atoms with Gasteiger partial charge >= 0.3 is 5.97 Å². The van der Waals surface area contributed by atoms with E-state index < -0.39 is 5.97 Å². The van der Waals surface area contributed by atoms with Crippen LogP contribution in [0.4, 0.5) is 5.69 Å². The second-order valence-corrected chi connectivity index (χ2v) is 14.5. The fourth-order valence-electron chi connectivity index (χ4n) is 8.51. The number of fused-ring (bicyclic) bond motifs is 3. The average Bonchev–Trinajstić information content (AvgIpc) is 3.80. The molecule has 5 fully saturated rings. The third-order valence-electron chi connectivity index (χ3n) is 11.6. The van der Waals surface area contributed by atoms with Gasteiger partial charge in [0, 0.05) is 36.1 Å². The van der Waals surface area contributed by atoms with Crippen LogP contribution in [0.25, 0.3) is 11.5 Å². The van der Waals surface area contributed by atoms with E-state index in [0.29, 0.717) is 24.2 Å². The molecule has 1 heterocycles. The first-order valence-electron chi connectivity index (χ1n) is 16.9. The van der Waals surface area contributed by atoms with Gasteiger partial charge in [-0.25, -0.2) is 0 Å². The van der Waals surface area contributed by atoms with Crippen LogP contribution < -0.4 is 9.64 Å². The second kappa shape index (κ2) is 11.9. The molecule has 5 aliphatic rings. The Morgan fingerprint density at radius 2 is 1.69 bits per heavy atom. The second-order valence-electron chi connectivity index (χ2n) is 14.5. The lowest BCUT2D eigenvalue weighted by Gasteiger charge is -2.55. The van der Waals surface area contributed by atoms with Gasteiger partial charge in [0.1, 0.15) is 5.75 Å². The molecule has 238 valence electrons. The summed E-state index contributed by atoms with van der Waals surface area (Å²) in [4.78, 5) is 27.8. The fourth-order valence-corrected chi connectivity index (χ4v) is 8.51. The summed E-state index contributed by atoms with van der Waals surface area (Å²) in [5, 5.41) is 17.9. The molecule has 1 aromatic heterocycles. The number of methoxy groups -OCH3 is 1. The highest BCUT2D eigenvalue weighted by Gasteiger charge is 2.50. The first-order chi connectivity index (χ1) is 21.8. The predicted molar refractivity (Wildman–Crippen MR) is 171 cm³/mol. The molecule has 0 saturated heterocycles. The molecule has 5 aliphatic carbocycles. The Morgan fingerprint density at radius 3 is 2.33 bits per heavy atom. The molecule has 2 bridgehead atoms. The number of carboxylic acids is 1. The van der Waals surface area contributed by atoms with Crippen molar-refractivity contribution in [1.82, 2.24) is 10.2 Å². The number of hydrogen-bond acceptors (Lipinski definition) is 6. The van der Waals surface area contributed by atoms with Crippen molar-refractivity contribution in [3.05, 3.63) is 59.5 Å². The number of aryl methyl sites for hydroxylation is 1. The van der Waals surface area contributed by atoms with Gasteiger partial charge in [-0.1, -0.05) is 18.2 Å². The maximum absolute atomic E-state index is 14.5. The molecule has 0 radical (unpaired) electrons. The molecule has 8 nitrogen and oxygen atoms in total. The van der Waals surface area contributed by atoms with Gasteiger partial charge in [0.2, 0.25) is 17.7 Å². The number of aliphatic carboxylic acids is 1. The number of carboxylic acid groups (broad SMARTS) is 1. The van der Waals surface area contributed by atoms with Crippen molar-refractivity contribution < 1.29 is 23.8 Å². The number of nitrogens with zero attached hydrogens (tertiary/aromatic N) is 3. The van der Waals surface area contributed by atoms with Gasteiger partial charge in [-0.15, -0.1) is 10.2 Å². The molecule has 0 atom stereocenters. The molecule has 1 amide bonds. The normalized spacial score (nSPS) is 27.7. The van der Waals surface area contributed by atoms with Gasteiger partial charge in [-0.05, 0) is 136 Å². The quantitative estimate of drug-likeness (QED) is 0.249. The van der Waals surface area contributed by atoms with Crippen LogP contribution in [0.1, 0.15) is 106 Å². The molecule has 3 aromatic rings. The van der Waals surface area contributed by atoms with E-state index >= 15 is 0 Å². The van der Waals surface area contributed by atoms with Gasteiger partial charge in [-0.2, -0.15) is 0 Å². The third-order valence-corrected chi connectivity index (χ3v) is 11.6. The molecule has 0 spiro atoms. The van der Waals surface area contributed by atoms with Crippen LogP contribution in [0.2, 0.25) is 0 Å². The zero-order valence-electron chi connectivity index (χ0n) is 26.6. The Labute approximate surface area is 265 Å². The van der Waals surface area contributed by atoms with E-state index in [-0.39, 0.29) is 35.0 Å². The highest BCUT2D eigenvalue weighted by atomic mass is 16.5. The van der Waals surface area contributed by atoms with Crippen molar-refractivity contribution in [3.63, 3.8) is 0 Å². The zero-order chi connectivity index (χ0) is 31.2. The van der Waals surface area contributed by atoms with Crippen molar-refractivity contribution in [1.29, 1.82) is 0 Å². The number of amides is 1. The first kappa shape index (κ1) is 30.0. The highest BCUT2D eigenvalue weighted by molar-refractivity contribution is 5.95. The number of aromatic nitrogens is 2. The van der Waals surface area contributed by atoms with E-state index in [1.54, 1.807) is 7.11 Å². The molecule has 2 aromatic carbocycles. The number of anilines is 1. The lowest BCUT2D eigenvalue weighted by molar-refractivity contribution is -0.138. The Balaban J connectivity index is 1.13. The monoisotopic (exact) mass is 611 g/mol. The minimum atomic E-state index is -0.747. The van der Waals surface area contributed by atoms with Gasteiger partial charge in [0.25, 0.3) is 0 Å². The van der Waals surface area contributed by atoms with E-state index in [1.807, 2.05) is 24.3 Å². The molecule has 5 saturated carbocycles. The van der Waals surface area contributed by atoms with Crippen molar-refractivity contribution in [2.45, 2.75) is 102 Å². The van der Waals surface area contributed by atoms with E-state index in [1.165, 1.54) is 11.1 Å². The summed E-state index contributed by atoms with van der Waals surface area (Å²) >= 11 is 0. The third kappa shape index (κ3) is 6.00. The lowest BCUT2D eigenvalue weighted by Crippen LogP contribution is -2.51. The summed E-state index contributed by atoms with van der Waals surface area (Å²) in [6.07, 6.45) is 12.1. The van der Waals surface area contributed by atoms with E-state index in [9.17, 15) is 14.7 Å². The molecule has 0 aliphatic heterocycles. The first-order valence-corrected chi connectivity index (χ1v) is 16.9. The molecule has 0 unspecified atom stereocenters. The van der Waals surface area contributed by atoms with Gasteiger partial charge in [-0.3, -0.25) is 9.59 Å². The van der Waals surface area contributed by atoms with Crippen LogP contribution in [-0.2, 0) is 15.0 Å². The summed E-state index contributed by atoms with van der Waals surface area (Å²) in [7, 11) is 1.73. The summed E-state index contributed by atoms with van der Waals surface area (Å²) in [5.74, 6) is 2.04. The van der Waals surface area contributed by atoms with Crippen molar-refractivity contribution in [3.8, 4) is 17.2 Å². The number of ether oxygens (including phenoxy) is 1. The maximum Gasteiger partial charge on any atom is 0.303 e. The standard InChI is InChI=1S/C37H45N3O5/c1-24-20-29(12-13-31(24)44-2)37-17-14-36(15-18-37,16-19-37)23-40(35(43)27-8-6-25(7-9-27)21-32(41)42)30-5-3-4-28(22-30)34-39-38-33(45-34)26-10-11-26/h3-5,12-13,20,22,25-27H,6-11,14-19,21,23H2,1-2H3,(H,41,42)/t25-,27-,36?,37?. The van der Waals surface area contributed by atoms with Crippen LogP contribution in [-0.4, -0.2) is 40.8 Å². The lowest BCUT2D eigenvalue weighted by atomic mass is 9.51. The van der Waals surface area contributed by atoms with Gasteiger partial charge in [0.05, 0.1) is 7.11 Å². The van der Waals surface area contributed by atoms with Gasteiger partial charge in [0.15, 0.2) is 0 Å². The van der Waals surface area contributed by atoms with Crippen LogP contribution in [0, 0.1) is 24.2 Å². The van der Waals surface area contributed by atoms with Crippen LogP contribution in [0.3, 0.4) is 0 Å². The predicted octanol–water partition coefficient (Wildman–Crippen LogP) is 7.84. The SMILES string of the molecule is COc1ccc(C23CCC(CN(c4cccc(-c5nnc(C6CC6)o5)c4)C(=O)[C@H]4CC[C@H](CC(=O)O)CC4)(CC2)CC3)cc1C. The van der Waals surface area contributed by atoms with Crippen LogP contribution >= 0.6 is 0 Å². The van der Waals surface area contributed by atoms with Crippen molar-refractivity contribution >= 4 is 17.6 Å². The molecule has 45 heavy (non-hydrogen) atoms. The Morgan fingerprint density at radius 1 is 0.956 bits per heavy atom. The number of carbonyl (C=O) groups excluding carboxylic acids is 1. The van der Waals surface area contributed by atoms with Crippen molar-refractivity contribution in [2.75, 3.05) is 18.6 Å². The summed E-state index contributed by atoms with van der Waals surface area (Å²) in [5.41, 5.74) is 4.63. The average molecular weight is 612 g/mol. The molecule has 8 rings (SSSR count). The highest BCUT2D eigenvalue weighted by Crippen LogP contribution is 2.58. The van der Waals surface area contributed by atoms with Crippen molar-refractivity contribution in [2.24, 2.45) is 17.3 Å². The number of rotatable bonds is 10. The molecular formula is C37H45N3O5. The largest absolute Gasteiger partial charge is 0.496 e. The molecule has 1 N–H and O–H groups in total. The van der Waals surface area contributed by atoms with Gasteiger partial charge < -0.3 is 19.2 Å². The Kier molecular flexibility index (Phi) is 7.95. The minimum absolute atomic E-state index is 0.0824. The molecular weight excluding hydrogens is 566 g/mol. The Bertz CT molecular complexity index is 1540. The topological polar surface area (TPSA) is 106 Å². The zero-order valence-corrected chi connectivity index (χ0v) is 26.6. The summed E-state index contributed by atoms with van der Waals surface area (Å²) < 4.78 is 11.6. The van der Waals surface area contributed by atoms with Crippen LogP contribution in [0.15, 0.2) is 46.9 Å². The van der Waals surface area contributed by atoms with E-state index in [0.717, 1.165) is 94.1 Å². The Hall–Kier alpha value is -3.68. The number of hydrogen-bond donors (Lipinski definition) is 1. The number of benzene rings is 2. The summed E-state index contributed by atoms with van der Waals surface area (Å²) in [6, 6.07) is 14.8. The minimum Gasteiger partial charge on any atom is -0.496 e. The number of carbonyl (C=O) groups is 2.